The van der Waals surface area contributed by atoms with Crippen molar-refractivity contribution in [2.24, 2.45) is 0 Å². The maximum absolute atomic E-state index is 14.1. The topological polar surface area (TPSA) is 103 Å². The van der Waals surface area contributed by atoms with Gasteiger partial charge >= 0.3 is 0 Å². The number of nitrogens with zero attached hydrogens (tertiary/aromatic N) is 2. The highest BCUT2D eigenvalue weighted by Gasteiger charge is 2.12. The molecule has 0 aliphatic heterocycles. The molecule has 0 spiro atoms. The van der Waals surface area contributed by atoms with Gasteiger partial charge in [0.05, 0.1) is 18.0 Å². The molecule has 0 atom stereocenters. The van der Waals surface area contributed by atoms with Gasteiger partial charge in [0, 0.05) is 24.4 Å². The number of hydrogen-bond acceptors (Lipinski definition) is 7. The second kappa shape index (κ2) is 8.53. The van der Waals surface area contributed by atoms with Crippen LogP contribution in [0.5, 0.6) is 11.6 Å². The SMILES string of the molecule is COCCOc1cc(-c2cc(Nc3ccc(C)cc3F)ccc2O)nc(N)n1. The summed E-state index contributed by atoms with van der Waals surface area (Å²) < 4.78 is 24.5. The Morgan fingerprint density at radius 3 is 2.68 bits per heavy atom. The van der Waals surface area contributed by atoms with Crippen molar-refractivity contribution in [1.82, 2.24) is 9.97 Å². The molecule has 3 aromatic rings. The van der Waals surface area contributed by atoms with Gasteiger partial charge in [0.2, 0.25) is 11.8 Å². The zero-order valence-electron chi connectivity index (χ0n) is 15.6. The van der Waals surface area contributed by atoms with Crippen LogP contribution in [0.4, 0.5) is 21.7 Å². The first kappa shape index (κ1) is 19.4. The van der Waals surface area contributed by atoms with Gasteiger partial charge < -0.3 is 25.6 Å². The third kappa shape index (κ3) is 4.66. The fraction of sp³-hybridized carbons (Fsp3) is 0.200. The average molecular weight is 384 g/mol. The average Bonchev–Trinajstić information content (AvgIpc) is 2.65. The van der Waals surface area contributed by atoms with Gasteiger partial charge in [-0.1, -0.05) is 6.07 Å². The summed E-state index contributed by atoms with van der Waals surface area (Å²) >= 11 is 0. The molecule has 0 fully saturated rings. The van der Waals surface area contributed by atoms with E-state index in [9.17, 15) is 9.50 Å². The van der Waals surface area contributed by atoms with Crippen LogP contribution in [0.3, 0.4) is 0 Å². The number of phenols is 1. The third-order valence-electron chi connectivity index (χ3n) is 3.93. The van der Waals surface area contributed by atoms with Crippen molar-refractivity contribution in [2.75, 3.05) is 31.4 Å². The van der Waals surface area contributed by atoms with Crippen molar-refractivity contribution < 1.29 is 19.0 Å². The molecule has 0 aliphatic carbocycles. The van der Waals surface area contributed by atoms with Gasteiger partial charge in [-0.05, 0) is 42.8 Å². The molecule has 3 rings (SSSR count). The molecule has 0 aliphatic rings. The van der Waals surface area contributed by atoms with E-state index in [1.54, 1.807) is 31.4 Å². The molecule has 0 bridgehead atoms. The number of halogens is 1. The smallest absolute Gasteiger partial charge is 0.223 e. The van der Waals surface area contributed by atoms with E-state index in [0.717, 1.165) is 5.56 Å². The first-order valence-corrected chi connectivity index (χ1v) is 8.59. The van der Waals surface area contributed by atoms with Gasteiger partial charge in [0.1, 0.15) is 18.2 Å². The van der Waals surface area contributed by atoms with E-state index in [1.165, 1.54) is 12.1 Å². The maximum Gasteiger partial charge on any atom is 0.223 e. The van der Waals surface area contributed by atoms with E-state index in [-0.39, 0.29) is 23.4 Å². The number of nitrogens with two attached hydrogens (primary N) is 1. The second-order valence-electron chi connectivity index (χ2n) is 6.13. The Morgan fingerprint density at radius 1 is 1.11 bits per heavy atom. The number of aromatic nitrogens is 2. The van der Waals surface area contributed by atoms with Gasteiger partial charge in [-0.3, -0.25) is 0 Å². The normalized spacial score (nSPS) is 10.7. The van der Waals surface area contributed by atoms with E-state index in [2.05, 4.69) is 15.3 Å². The van der Waals surface area contributed by atoms with Crippen LogP contribution in [0.25, 0.3) is 11.3 Å². The summed E-state index contributed by atoms with van der Waals surface area (Å²) in [4.78, 5) is 8.18. The van der Waals surface area contributed by atoms with Crippen molar-refractivity contribution in [3.63, 3.8) is 0 Å². The molecule has 0 radical (unpaired) electrons. The molecular weight excluding hydrogens is 363 g/mol. The number of phenolic OH excluding ortho intramolecular Hbond substituents is 1. The Morgan fingerprint density at radius 2 is 1.93 bits per heavy atom. The first-order chi connectivity index (χ1) is 13.5. The molecule has 2 aromatic carbocycles. The Labute approximate surface area is 162 Å². The van der Waals surface area contributed by atoms with Crippen LogP contribution in [0.2, 0.25) is 0 Å². The Bertz CT molecular complexity index is 982. The lowest BCUT2D eigenvalue weighted by atomic mass is 10.1. The number of aryl methyl sites for hydroxylation is 1. The number of nitrogens with one attached hydrogen (secondary N) is 1. The number of hydrogen-bond donors (Lipinski definition) is 3. The number of methoxy groups -OCH3 is 1. The van der Waals surface area contributed by atoms with Crippen LogP contribution < -0.4 is 15.8 Å². The minimum atomic E-state index is -0.366. The summed E-state index contributed by atoms with van der Waals surface area (Å²) in [6, 6.07) is 11.3. The monoisotopic (exact) mass is 384 g/mol. The molecule has 146 valence electrons. The van der Waals surface area contributed by atoms with E-state index >= 15 is 0 Å². The quantitative estimate of drug-likeness (QED) is 0.422. The molecule has 0 unspecified atom stereocenters. The summed E-state index contributed by atoms with van der Waals surface area (Å²) in [5, 5.41) is 13.3. The third-order valence-corrected chi connectivity index (χ3v) is 3.93. The van der Waals surface area contributed by atoms with Crippen LogP contribution in [0, 0.1) is 12.7 Å². The number of aromatic hydroxyl groups is 1. The predicted molar refractivity (Wildman–Crippen MR) is 105 cm³/mol. The predicted octanol–water partition coefficient (Wildman–Crippen LogP) is 3.65. The Kier molecular flexibility index (Phi) is 5.90. The molecule has 1 heterocycles. The largest absolute Gasteiger partial charge is 0.507 e. The van der Waals surface area contributed by atoms with Crippen LogP contribution >= 0.6 is 0 Å². The summed E-state index contributed by atoms with van der Waals surface area (Å²) in [7, 11) is 1.57. The van der Waals surface area contributed by atoms with Crippen molar-refractivity contribution in [1.29, 1.82) is 0 Å². The number of rotatable bonds is 7. The summed E-state index contributed by atoms with van der Waals surface area (Å²) in [6.07, 6.45) is 0. The molecule has 0 saturated heterocycles. The first-order valence-electron chi connectivity index (χ1n) is 8.59. The molecule has 1 aromatic heterocycles. The van der Waals surface area contributed by atoms with Crippen molar-refractivity contribution in [3.05, 3.63) is 53.8 Å². The van der Waals surface area contributed by atoms with Gasteiger partial charge in [0.25, 0.3) is 0 Å². The zero-order valence-corrected chi connectivity index (χ0v) is 15.6. The van der Waals surface area contributed by atoms with E-state index in [4.69, 9.17) is 15.2 Å². The standard InChI is InChI=1S/C20H21FN4O3/c1-12-3-5-16(15(21)9-12)23-13-4-6-18(26)14(10-13)17-11-19(25-20(22)24-17)28-8-7-27-2/h3-6,9-11,23,26H,7-8H2,1-2H3,(H2,22,24,25). The molecule has 8 heteroatoms. The van der Waals surface area contributed by atoms with E-state index in [0.29, 0.717) is 35.8 Å². The molecule has 28 heavy (non-hydrogen) atoms. The highest BCUT2D eigenvalue weighted by atomic mass is 19.1. The van der Waals surface area contributed by atoms with Crippen molar-refractivity contribution in [3.8, 4) is 22.9 Å². The zero-order chi connectivity index (χ0) is 20.1. The Balaban J connectivity index is 1.91. The molecule has 4 N–H and O–H groups in total. The van der Waals surface area contributed by atoms with Gasteiger partial charge in [0.15, 0.2) is 0 Å². The van der Waals surface area contributed by atoms with Crippen molar-refractivity contribution in [2.45, 2.75) is 6.92 Å². The number of ether oxygens (including phenoxy) is 2. The molecule has 0 saturated carbocycles. The minimum Gasteiger partial charge on any atom is -0.507 e. The van der Waals surface area contributed by atoms with E-state index < -0.39 is 0 Å². The Hall–Kier alpha value is -3.39. The van der Waals surface area contributed by atoms with Gasteiger partial charge in [-0.2, -0.15) is 4.98 Å². The van der Waals surface area contributed by atoms with Crippen LogP contribution in [-0.4, -0.2) is 35.4 Å². The minimum absolute atomic E-state index is 0.00382. The molecule has 7 nitrogen and oxygen atoms in total. The molecule has 0 amide bonds. The van der Waals surface area contributed by atoms with Crippen LogP contribution in [0.15, 0.2) is 42.5 Å². The number of anilines is 3. The fourth-order valence-electron chi connectivity index (χ4n) is 2.58. The van der Waals surface area contributed by atoms with Crippen LogP contribution in [0.1, 0.15) is 5.56 Å². The second-order valence-corrected chi connectivity index (χ2v) is 6.13. The summed E-state index contributed by atoms with van der Waals surface area (Å²) in [5.41, 5.74) is 8.28. The lowest BCUT2D eigenvalue weighted by Crippen LogP contribution is -2.07. The highest BCUT2D eigenvalue weighted by Crippen LogP contribution is 2.33. The molecular formula is C20H21FN4O3. The lowest BCUT2D eigenvalue weighted by molar-refractivity contribution is 0.144. The van der Waals surface area contributed by atoms with Gasteiger partial charge in [-0.15, -0.1) is 0 Å². The van der Waals surface area contributed by atoms with Crippen LogP contribution in [-0.2, 0) is 4.74 Å². The maximum atomic E-state index is 14.1. The number of benzene rings is 2. The number of nitrogen functional groups attached to an aromatic ring is 1. The fourth-order valence-corrected chi connectivity index (χ4v) is 2.58. The van der Waals surface area contributed by atoms with Crippen molar-refractivity contribution >= 4 is 17.3 Å². The lowest BCUT2D eigenvalue weighted by Gasteiger charge is -2.12. The van der Waals surface area contributed by atoms with Gasteiger partial charge in [-0.25, -0.2) is 9.37 Å². The highest BCUT2D eigenvalue weighted by molar-refractivity contribution is 5.74. The summed E-state index contributed by atoms with van der Waals surface area (Å²) in [5.74, 6) is -0.0975. The van der Waals surface area contributed by atoms with E-state index in [1.807, 2.05) is 13.0 Å². The summed E-state index contributed by atoms with van der Waals surface area (Å²) in [6.45, 7) is 2.51.